The van der Waals surface area contributed by atoms with Gasteiger partial charge in [0, 0.05) is 37.2 Å². The fraction of sp³-hybridized carbons (Fsp3) is 0.579. The highest BCUT2D eigenvalue weighted by Gasteiger charge is 2.13. The van der Waals surface area contributed by atoms with Gasteiger partial charge in [-0.3, -0.25) is 9.36 Å². The van der Waals surface area contributed by atoms with Crippen LogP contribution in [0.4, 0.5) is 0 Å². The molecule has 0 aliphatic heterocycles. The summed E-state index contributed by atoms with van der Waals surface area (Å²) < 4.78 is 12.5. The van der Waals surface area contributed by atoms with Crippen molar-refractivity contribution in [2.45, 2.75) is 57.6 Å². The zero-order valence-corrected chi connectivity index (χ0v) is 15.6. The smallest absolute Gasteiger partial charge is 0.408 e. The van der Waals surface area contributed by atoms with Crippen molar-refractivity contribution in [2.24, 2.45) is 0 Å². The lowest BCUT2D eigenvalue weighted by molar-refractivity contribution is -0.121. The largest absolute Gasteiger partial charge is 0.419 e. The molecular formula is C19H25ClN2O4. The van der Waals surface area contributed by atoms with E-state index in [1.54, 1.807) is 18.2 Å². The molecule has 0 atom stereocenters. The minimum Gasteiger partial charge on any atom is -0.408 e. The molecule has 1 aliphatic carbocycles. The number of nitrogens with zero attached hydrogens (tertiary/aromatic N) is 1. The number of carbonyl (C=O) groups excluding carboxylic acids is 1. The predicted octanol–water partition coefficient (Wildman–Crippen LogP) is 3.49. The third kappa shape index (κ3) is 5.11. The SMILES string of the molecule is O=C(CCn1c(=O)oc2cc(Cl)ccc21)NCCCOC1CCCCC1. The zero-order valence-electron chi connectivity index (χ0n) is 14.8. The lowest BCUT2D eigenvalue weighted by Gasteiger charge is -2.21. The quantitative estimate of drug-likeness (QED) is 0.711. The number of carbonyl (C=O) groups is 1. The molecule has 26 heavy (non-hydrogen) atoms. The van der Waals surface area contributed by atoms with Gasteiger partial charge in [0.15, 0.2) is 5.58 Å². The number of hydrogen-bond donors (Lipinski definition) is 1. The van der Waals surface area contributed by atoms with Gasteiger partial charge in [-0.2, -0.15) is 0 Å². The summed E-state index contributed by atoms with van der Waals surface area (Å²) in [5.74, 6) is -0.561. The van der Waals surface area contributed by atoms with Crippen LogP contribution in [-0.4, -0.2) is 29.7 Å². The highest BCUT2D eigenvalue weighted by Crippen LogP contribution is 2.20. The van der Waals surface area contributed by atoms with E-state index in [-0.39, 0.29) is 18.9 Å². The average molecular weight is 381 g/mol. The third-order valence-corrected chi connectivity index (χ3v) is 4.98. The van der Waals surface area contributed by atoms with Crippen molar-refractivity contribution in [3.63, 3.8) is 0 Å². The maximum Gasteiger partial charge on any atom is 0.419 e. The van der Waals surface area contributed by atoms with E-state index >= 15 is 0 Å². The first-order valence-corrected chi connectivity index (χ1v) is 9.68. The molecule has 1 amide bonds. The first kappa shape index (κ1) is 19.0. The summed E-state index contributed by atoms with van der Waals surface area (Å²) in [4.78, 5) is 23.9. The minimum atomic E-state index is -0.476. The molecule has 0 unspecified atom stereocenters. The highest BCUT2D eigenvalue weighted by atomic mass is 35.5. The van der Waals surface area contributed by atoms with Crippen LogP contribution < -0.4 is 11.1 Å². The molecule has 0 bridgehead atoms. The number of aromatic nitrogens is 1. The first-order valence-electron chi connectivity index (χ1n) is 9.30. The van der Waals surface area contributed by atoms with Gasteiger partial charge in [0.25, 0.3) is 0 Å². The summed E-state index contributed by atoms with van der Waals surface area (Å²) in [6.45, 7) is 1.54. The lowest BCUT2D eigenvalue weighted by Crippen LogP contribution is -2.28. The van der Waals surface area contributed by atoms with Crippen LogP contribution in [0.3, 0.4) is 0 Å². The van der Waals surface area contributed by atoms with Gasteiger partial charge in [-0.25, -0.2) is 4.79 Å². The molecule has 1 aromatic carbocycles. The van der Waals surface area contributed by atoms with E-state index in [1.807, 2.05) is 0 Å². The Morgan fingerprint density at radius 3 is 2.92 bits per heavy atom. The van der Waals surface area contributed by atoms with Gasteiger partial charge in [0.1, 0.15) is 0 Å². The molecule has 1 heterocycles. The molecular weight excluding hydrogens is 356 g/mol. The molecule has 142 valence electrons. The molecule has 1 N–H and O–H groups in total. The lowest BCUT2D eigenvalue weighted by atomic mass is 9.98. The van der Waals surface area contributed by atoms with E-state index < -0.39 is 5.76 Å². The number of halogens is 1. The Hall–Kier alpha value is -1.79. The van der Waals surface area contributed by atoms with E-state index in [9.17, 15) is 9.59 Å². The van der Waals surface area contributed by atoms with Crippen molar-refractivity contribution < 1.29 is 13.9 Å². The number of hydrogen-bond acceptors (Lipinski definition) is 4. The molecule has 7 heteroatoms. The van der Waals surface area contributed by atoms with Crippen molar-refractivity contribution in [1.29, 1.82) is 0 Å². The van der Waals surface area contributed by atoms with Gasteiger partial charge in [0.2, 0.25) is 5.91 Å². The second kappa shape index (κ2) is 9.24. The van der Waals surface area contributed by atoms with Gasteiger partial charge < -0.3 is 14.5 Å². The van der Waals surface area contributed by atoms with Gasteiger partial charge in [-0.05, 0) is 31.4 Å². The summed E-state index contributed by atoms with van der Waals surface area (Å²) in [5.41, 5.74) is 1.08. The molecule has 6 nitrogen and oxygen atoms in total. The molecule has 0 radical (unpaired) electrons. The van der Waals surface area contributed by atoms with Crippen LogP contribution in [0.25, 0.3) is 11.1 Å². The molecule has 0 saturated heterocycles. The number of rotatable bonds is 8. The minimum absolute atomic E-state index is 0.0853. The Morgan fingerprint density at radius 1 is 1.31 bits per heavy atom. The fourth-order valence-electron chi connectivity index (χ4n) is 3.34. The number of fused-ring (bicyclic) bond motifs is 1. The highest BCUT2D eigenvalue weighted by molar-refractivity contribution is 6.31. The Labute approximate surface area is 157 Å². The van der Waals surface area contributed by atoms with Crippen LogP contribution in [0, 0.1) is 0 Å². The number of ether oxygens (including phenoxy) is 1. The van der Waals surface area contributed by atoms with Crippen LogP contribution >= 0.6 is 11.6 Å². The summed E-state index contributed by atoms with van der Waals surface area (Å²) in [5, 5.41) is 3.38. The van der Waals surface area contributed by atoms with Gasteiger partial charge in [-0.15, -0.1) is 0 Å². The van der Waals surface area contributed by atoms with Crippen molar-refractivity contribution in [3.05, 3.63) is 33.8 Å². The van der Waals surface area contributed by atoms with E-state index in [4.69, 9.17) is 20.8 Å². The maximum atomic E-state index is 12.0. The standard InChI is InChI=1S/C19H25ClN2O4/c20-14-7-8-16-17(13-14)26-19(24)22(16)11-9-18(23)21-10-4-12-25-15-5-2-1-3-6-15/h7-8,13,15H,1-6,9-12H2,(H,21,23). The van der Waals surface area contributed by atoms with Crippen LogP contribution in [0.15, 0.2) is 27.4 Å². The molecule has 1 aliphatic rings. The van der Waals surface area contributed by atoms with Crippen molar-refractivity contribution in [3.8, 4) is 0 Å². The maximum absolute atomic E-state index is 12.0. The fourth-order valence-corrected chi connectivity index (χ4v) is 3.50. The number of benzene rings is 1. The molecule has 2 aromatic rings. The Kier molecular flexibility index (Phi) is 6.74. The van der Waals surface area contributed by atoms with Gasteiger partial charge in [0.05, 0.1) is 11.6 Å². The van der Waals surface area contributed by atoms with Crippen LogP contribution in [-0.2, 0) is 16.1 Å². The van der Waals surface area contributed by atoms with Crippen LogP contribution in [0.1, 0.15) is 44.9 Å². The number of nitrogens with one attached hydrogen (secondary N) is 1. The monoisotopic (exact) mass is 380 g/mol. The predicted molar refractivity (Wildman–Crippen MR) is 101 cm³/mol. The van der Waals surface area contributed by atoms with Gasteiger partial charge >= 0.3 is 5.76 Å². The van der Waals surface area contributed by atoms with E-state index in [0.29, 0.717) is 35.4 Å². The number of amides is 1. The molecule has 0 spiro atoms. The van der Waals surface area contributed by atoms with Gasteiger partial charge in [-0.1, -0.05) is 30.9 Å². The van der Waals surface area contributed by atoms with Crippen LogP contribution in [0.2, 0.25) is 5.02 Å². The molecule has 1 saturated carbocycles. The Bertz CT molecular complexity index is 792. The van der Waals surface area contributed by atoms with Crippen molar-refractivity contribution in [2.75, 3.05) is 13.2 Å². The number of aryl methyl sites for hydroxylation is 1. The Balaban J connectivity index is 1.38. The zero-order chi connectivity index (χ0) is 18.4. The second-order valence-corrected chi connectivity index (χ2v) is 7.15. The van der Waals surface area contributed by atoms with E-state index in [1.165, 1.54) is 23.8 Å². The topological polar surface area (TPSA) is 73.5 Å². The van der Waals surface area contributed by atoms with Crippen molar-refractivity contribution in [1.82, 2.24) is 9.88 Å². The van der Waals surface area contributed by atoms with E-state index in [0.717, 1.165) is 19.3 Å². The second-order valence-electron chi connectivity index (χ2n) is 6.72. The summed E-state index contributed by atoms with van der Waals surface area (Å²) in [6.07, 6.45) is 7.57. The third-order valence-electron chi connectivity index (χ3n) is 4.74. The van der Waals surface area contributed by atoms with Crippen LogP contribution in [0.5, 0.6) is 0 Å². The molecule has 3 rings (SSSR count). The average Bonchev–Trinajstić information content (AvgIpc) is 2.94. The summed E-state index contributed by atoms with van der Waals surface area (Å²) in [7, 11) is 0. The van der Waals surface area contributed by atoms with Crippen molar-refractivity contribution >= 4 is 28.6 Å². The molecule has 1 fully saturated rings. The summed E-state index contributed by atoms with van der Waals surface area (Å²) >= 11 is 5.89. The summed E-state index contributed by atoms with van der Waals surface area (Å²) in [6, 6.07) is 5.02. The first-order chi connectivity index (χ1) is 12.6. The van der Waals surface area contributed by atoms with E-state index in [2.05, 4.69) is 5.32 Å². The number of oxazole rings is 1. The Morgan fingerprint density at radius 2 is 2.12 bits per heavy atom. The molecule has 1 aromatic heterocycles. The normalized spacial score (nSPS) is 15.4.